The van der Waals surface area contributed by atoms with Gasteiger partial charge in [0.1, 0.15) is 22.1 Å². The first-order valence-electron chi connectivity index (χ1n) is 32.1. The van der Waals surface area contributed by atoms with Crippen molar-refractivity contribution in [2.24, 2.45) is 0 Å². The standard InChI is InChI=1S/C35H35N3S6.C19H15S4.C15H17Br2N3S2.3CH3.Sn/c1-6-7-8-9-10-11-12-28-36-32-29(31-30(37-44-38-31)22(5)35(32)43-28)27-18-20(3)34(42-27)26-16-14-24(41-26)23-13-15-25(40-23)33-19(2)17-21(4)39-33;1-11-8-9-20-18(11)16-6-4-14(22-16)15-5-7-17(23-15)19-12(2)10-13(3)21-19;1-2-3-4-5-6-7-8-9-18-14-10(16)12-13(20-22-19-12)11(17)15(14)21-9;;;;/h13-18H,6-12H2,1-5H3;4-8,10H,1-3H3;2-8H2,1H3;3*1H3;. The van der Waals surface area contributed by atoms with E-state index >= 15 is 0 Å². The minimum atomic E-state index is -1.99. The van der Waals surface area contributed by atoms with Gasteiger partial charge in [0.05, 0.1) is 62.9 Å². The van der Waals surface area contributed by atoms with Gasteiger partial charge >= 0.3 is 177 Å². The van der Waals surface area contributed by atoms with E-state index in [1.165, 1.54) is 226 Å². The molecule has 0 radical (unpaired) electrons. The van der Waals surface area contributed by atoms with Crippen LogP contribution in [0.1, 0.15) is 138 Å². The van der Waals surface area contributed by atoms with Gasteiger partial charge in [-0.05, 0) is 145 Å². The van der Waals surface area contributed by atoms with Gasteiger partial charge in [-0.3, -0.25) is 0 Å². The average Bonchev–Trinajstić information content (AvgIpc) is 1.61. The fourth-order valence-electron chi connectivity index (χ4n) is 11.6. The van der Waals surface area contributed by atoms with Gasteiger partial charge in [0, 0.05) is 44.6 Å². The molecule has 0 aliphatic carbocycles. The molecule has 21 heteroatoms. The molecule has 12 aromatic heterocycles. The van der Waals surface area contributed by atoms with Crippen molar-refractivity contribution >= 4 is 232 Å². The van der Waals surface area contributed by atoms with Crippen molar-refractivity contribution in [1.82, 2.24) is 27.5 Å². The fraction of sp³-hybridized carbons (Fsp3) is 0.361. The zero-order valence-electron chi connectivity index (χ0n) is 54.7. The van der Waals surface area contributed by atoms with Crippen molar-refractivity contribution in [2.75, 3.05) is 0 Å². The van der Waals surface area contributed by atoms with E-state index in [0.717, 1.165) is 54.9 Å². The van der Waals surface area contributed by atoms with E-state index < -0.39 is 18.4 Å². The van der Waals surface area contributed by atoms with Crippen LogP contribution in [0.4, 0.5) is 0 Å². The van der Waals surface area contributed by atoms with Crippen molar-refractivity contribution in [3.05, 3.63) is 129 Å². The van der Waals surface area contributed by atoms with E-state index in [1.54, 1.807) is 14.2 Å². The van der Waals surface area contributed by atoms with Gasteiger partial charge in [-0.2, -0.15) is 17.5 Å². The molecule has 0 bridgehead atoms. The molecule has 14 aromatic rings. The first-order valence-corrected chi connectivity index (χ1v) is 53.3. The third-order valence-corrected chi connectivity index (χ3v) is 41.4. The SMILES string of the molecule is CCCCCCCCc1nc2c(-c3cc(C)c(-c4ccc(-c5ccc(-c6sc(C)cc6C)s5)s4)s3)c3nsnc3c(C)c2s1.CCCCCCCCc1nc2c(Br)c3nsnc3c(Br)c2s1.Cc1cc(C)c(-c2ccc(-c3ccc(-c4s[c]([Sn]([CH3])([CH3])[CH3])cc4C)s3)s2)s1. The summed E-state index contributed by atoms with van der Waals surface area (Å²) < 4.78 is 24.4. The van der Waals surface area contributed by atoms with Gasteiger partial charge in [-0.15, -0.1) is 68.0 Å². The quantitative estimate of drug-likeness (QED) is 0.0497. The molecule has 14 rings (SSSR count). The molecule has 0 aliphatic rings. The summed E-state index contributed by atoms with van der Waals surface area (Å²) in [5.41, 5.74) is 13.9. The molecule has 0 fully saturated rings. The molecule has 484 valence electrons. The molecular formula is C72H76Br2N6S12Sn. The maximum absolute atomic E-state index is 5.27. The zero-order chi connectivity index (χ0) is 65.2. The van der Waals surface area contributed by atoms with Crippen LogP contribution in [0.15, 0.2) is 81.7 Å². The Morgan fingerprint density at radius 2 is 0.753 bits per heavy atom. The molecule has 0 saturated carbocycles. The topological polar surface area (TPSA) is 77.3 Å². The maximum atomic E-state index is 5.27. The normalized spacial score (nSPS) is 11.9. The number of thiophene rings is 8. The number of benzene rings is 2. The molecule has 0 saturated heterocycles. The molecule has 93 heavy (non-hydrogen) atoms. The van der Waals surface area contributed by atoms with Gasteiger partial charge in [-0.1, -0.05) is 78.1 Å². The van der Waals surface area contributed by atoms with E-state index in [4.69, 9.17) is 18.7 Å². The average molecular weight is 1690 g/mol. The van der Waals surface area contributed by atoms with Crippen LogP contribution in [-0.4, -0.2) is 45.8 Å². The Kier molecular flexibility index (Phi) is 23.5. The molecule has 0 N–H and O–H groups in total. The molecular weight excluding hydrogens is 1610 g/mol. The summed E-state index contributed by atoms with van der Waals surface area (Å²) in [7, 11) is 0. The van der Waals surface area contributed by atoms with Gasteiger partial charge in [0.15, 0.2) is 0 Å². The van der Waals surface area contributed by atoms with E-state index in [2.05, 4.69) is 191 Å². The van der Waals surface area contributed by atoms with Gasteiger partial charge in [0.25, 0.3) is 0 Å². The third kappa shape index (κ3) is 15.8. The Morgan fingerprint density at radius 3 is 1.23 bits per heavy atom. The second-order valence-corrected chi connectivity index (χ2v) is 54.2. The van der Waals surface area contributed by atoms with E-state index in [0.29, 0.717) is 0 Å². The number of nitrogens with zero attached hydrogens (tertiary/aromatic N) is 6. The number of hydrogen-bond donors (Lipinski definition) is 0. The number of halogens is 2. The van der Waals surface area contributed by atoms with Crippen LogP contribution < -0.4 is 2.89 Å². The molecule has 0 aliphatic heterocycles. The van der Waals surface area contributed by atoms with Crippen molar-refractivity contribution in [3.63, 3.8) is 0 Å². The number of hydrogen-bond acceptors (Lipinski definition) is 18. The van der Waals surface area contributed by atoms with Crippen LogP contribution in [0.3, 0.4) is 0 Å². The Balaban J connectivity index is 0.000000145. The molecule has 12 heterocycles. The Labute approximate surface area is 617 Å². The number of rotatable bonds is 22. The molecule has 0 amide bonds. The Bertz CT molecular complexity index is 4820. The van der Waals surface area contributed by atoms with Crippen molar-refractivity contribution in [3.8, 4) is 69.0 Å². The summed E-state index contributed by atoms with van der Waals surface area (Å²) in [5, 5.41) is 2.46. The summed E-state index contributed by atoms with van der Waals surface area (Å²) >= 11 is 26.9. The van der Waals surface area contributed by atoms with Crippen molar-refractivity contribution in [2.45, 2.75) is 167 Å². The fourth-order valence-corrected chi connectivity index (χ4v) is 31.3. The number of aromatic nitrogens is 6. The Morgan fingerprint density at radius 1 is 0.355 bits per heavy atom. The van der Waals surface area contributed by atoms with Crippen LogP contribution in [0.2, 0.25) is 14.8 Å². The Hall–Kier alpha value is -2.78. The summed E-state index contributed by atoms with van der Waals surface area (Å²) in [6.45, 7) is 20.1. The van der Waals surface area contributed by atoms with Crippen LogP contribution in [-0.2, 0) is 12.8 Å². The zero-order valence-corrected chi connectivity index (χ0v) is 70.5. The monoisotopic (exact) mass is 1690 g/mol. The van der Waals surface area contributed by atoms with Gasteiger partial charge < -0.3 is 0 Å². The number of unbranched alkanes of at least 4 members (excludes halogenated alkanes) is 10. The summed E-state index contributed by atoms with van der Waals surface area (Å²) in [6, 6.07) is 27.8. The second-order valence-electron chi connectivity index (χ2n) is 25.0. The number of thiazole rings is 2. The van der Waals surface area contributed by atoms with Gasteiger partial charge in [-0.25, -0.2) is 9.97 Å². The molecule has 0 atom stereocenters. The predicted molar refractivity (Wildman–Crippen MR) is 434 cm³/mol. The molecule has 6 nitrogen and oxygen atoms in total. The van der Waals surface area contributed by atoms with Crippen LogP contribution in [0.5, 0.6) is 0 Å². The number of fused-ring (bicyclic) bond motifs is 4. The van der Waals surface area contributed by atoms with Crippen LogP contribution in [0.25, 0.3) is 111 Å². The minimum absolute atomic E-state index is 0.904. The first kappa shape index (κ1) is 70.1. The van der Waals surface area contributed by atoms with E-state index in [-0.39, 0.29) is 0 Å². The van der Waals surface area contributed by atoms with Crippen LogP contribution >= 0.6 is 169 Å². The second kappa shape index (κ2) is 31.2. The van der Waals surface area contributed by atoms with Gasteiger partial charge in [0.2, 0.25) is 0 Å². The number of aryl methyl sites for hydroxylation is 9. The molecule has 0 spiro atoms. The van der Waals surface area contributed by atoms with Crippen LogP contribution in [0, 0.1) is 48.5 Å². The summed E-state index contributed by atoms with van der Waals surface area (Å²) in [5.74, 6) is 0. The van der Waals surface area contributed by atoms with Crippen molar-refractivity contribution < 1.29 is 0 Å². The third-order valence-electron chi connectivity index (χ3n) is 16.5. The first-order chi connectivity index (χ1) is 44.8. The molecule has 2 aromatic carbocycles. The van der Waals surface area contributed by atoms with Crippen molar-refractivity contribution in [1.29, 1.82) is 0 Å². The van der Waals surface area contributed by atoms with E-state index in [9.17, 15) is 0 Å². The van der Waals surface area contributed by atoms with E-state index in [1.807, 2.05) is 102 Å². The molecule has 0 unspecified atom stereocenters. The summed E-state index contributed by atoms with van der Waals surface area (Å²) in [6.07, 6.45) is 17.8. The predicted octanol–water partition coefficient (Wildman–Crippen LogP) is 28.5. The summed E-state index contributed by atoms with van der Waals surface area (Å²) in [4.78, 5) is 38.2.